The van der Waals surface area contributed by atoms with Crippen LogP contribution in [-0.4, -0.2) is 15.7 Å². The maximum Gasteiger partial charge on any atom is 0.251 e. The van der Waals surface area contributed by atoms with E-state index in [4.69, 9.17) is 4.74 Å². The molecule has 0 spiro atoms. The van der Waals surface area contributed by atoms with Gasteiger partial charge in [-0.1, -0.05) is 38.1 Å². The van der Waals surface area contributed by atoms with Gasteiger partial charge in [0.2, 0.25) is 0 Å². The maximum atomic E-state index is 12.6. The van der Waals surface area contributed by atoms with Crippen LogP contribution in [0.15, 0.2) is 54.7 Å². The molecule has 2 aromatic carbocycles. The van der Waals surface area contributed by atoms with Crippen LogP contribution in [-0.2, 0) is 19.7 Å². The summed E-state index contributed by atoms with van der Waals surface area (Å²) in [6.07, 6.45) is 1.98. The average Bonchev–Trinajstić information content (AvgIpc) is 3.10. The molecule has 0 aliphatic carbocycles. The zero-order valence-electron chi connectivity index (χ0n) is 17.6. The van der Waals surface area contributed by atoms with Crippen molar-refractivity contribution in [2.24, 2.45) is 0 Å². The summed E-state index contributed by atoms with van der Waals surface area (Å²) in [5.74, 6) is 1.23. The smallest absolute Gasteiger partial charge is 0.251 e. The Morgan fingerprint density at radius 2 is 1.93 bits per heavy atom. The number of aryl methyl sites for hydroxylation is 2. The first-order chi connectivity index (χ1) is 14.0. The number of nitrogens with zero attached hydrogens (tertiary/aromatic N) is 2. The van der Waals surface area contributed by atoms with Gasteiger partial charge in [-0.15, -0.1) is 0 Å². The van der Waals surface area contributed by atoms with E-state index in [0.29, 0.717) is 24.6 Å². The number of nitrogens with one attached hydrogen (secondary N) is 1. The molecule has 1 N–H and O–H groups in total. The van der Waals surface area contributed by atoms with Crippen LogP contribution in [0.1, 0.15) is 59.4 Å². The van der Waals surface area contributed by atoms with Crippen molar-refractivity contribution in [1.82, 2.24) is 15.1 Å². The fourth-order valence-electron chi connectivity index (χ4n) is 3.09. The third-order valence-electron chi connectivity index (χ3n) is 4.95. The Hall–Kier alpha value is -3.08. The summed E-state index contributed by atoms with van der Waals surface area (Å²) in [7, 11) is 0. The predicted molar refractivity (Wildman–Crippen MR) is 115 cm³/mol. The van der Waals surface area contributed by atoms with Crippen LogP contribution in [0.2, 0.25) is 0 Å². The molecule has 1 aromatic heterocycles. The van der Waals surface area contributed by atoms with Gasteiger partial charge in [-0.3, -0.25) is 9.48 Å². The predicted octanol–water partition coefficient (Wildman–Crippen LogP) is 4.84. The highest BCUT2D eigenvalue weighted by Crippen LogP contribution is 2.19. The number of carbonyl (C=O) groups is 1. The summed E-state index contributed by atoms with van der Waals surface area (Å²) < 4.78 is 7.76. The molecule has 5 heteroatoms. The van der Waals surface area contributed by atoms with E-state index in [1.54, 1.807) is 0 Å². The molecule has 0 saturated carbocycles. The zero-order chi connectivity index (χ0) is 20.8. The molecule has 29 heavy (non-hydrogen) atoms. The number of hydrogen-bond donors (Lipinski definition) is 1. The molecule has 0 aliphatic heterocycles. The van der Waals surface area contributed by atoms with Crippen molar-refractivity contribution in [3.05, 3.63) is 82.7 Å². The highest BCUT2D eigenvalue weighted by Gasteiger charge is 2.09. The lowest BCUT2D eigenvalue weighted by molar-refractivity contribution is 0.0950. The second-order valence-corrected chi connectivity index (χ2v) is 7.49. The first-order valence-electron chi connectivity index (χ1n) is 10.1. The normalized spacial score (nSPS) is 10.9. The standard InChI is InChI=1S/C24H29N3O2/c1-5-27-15-22(18(4)26-27)14-25-24(28)21-8-6-7-19(13-21)16-29-23-11-9-20(10-12-23)17(2)3/h6-13,15,17H,5,14,16H2,1-4H3,(H,25,28). The van der Waals surface area contributed by atoms with Gasteiger partial charge in [0.05, 0.1) is 5.69 Å². The van der Waals surface area contributed by atoms with Crippen molar-refractivity contribution < 1.29 is 9.53 Å². The second-order valence-electron chi connectivity index (χ2n) is 7.49. The molecule has 0 unspecified atom stereocenters. The van der Waals surface area contributed by atoms with Crippen LogP contribution < -0.4 is 10.1 Å². The van der Waals surface area contributed by atoms with E-state index >= 15 is 0 Å². The Morgan fingerprint density at radius 1 is 1.17 bits per heavy atom. The van der Waals surface area contributed by atoms with E-state index in [2.05, 4.69) is 36.4 Å². The number of hydrogen-bond acceptors (Lipinski definition) is 3. The van der Waals surface area contributed by atoms with Gasteiger partial charge in [-0.2, -0.15) is 5.10 Å². The Morgan fingerprint density at radius 3 is 2.59 bits per heavy atom. The van der Waals surface area contributed by atoms with E-state index in [1.807, 2.05) is 61.1 Å². The Bertz CT molecular complexity index is 959. The minimum absolute atomic E-state index is 0.100. The second kappa shape index (κ2) is 9.41. The summed E-state index contributed by atoms with van der Waals surface area (Å²) >= 11 is 0. The lowest BCUT2D eigenvalue weighted by atomic mass is 10.0. The van der Waals surface area contributed by atoms with Crippen molar-refractivity contribution in [2.45, 2.75) is 53.3 Å². The molecule has 0 bridgehead atoms. The van der Waals surface area contributed by atoms with Gasteiger partial charge in [0, 0.05) is 30.4 Å². The van der Waals surface area contributed by atoms with E-state index < -0.39 is 0 Å². The Balaban J connectivity index is 1.58. The van der Waals surface area contributed by atoms with Crippen molar-refractivity contribution in [3.8, 4) is 5.75 Å². The molecule has 0 fully saturated rings. The summed E-state index contributed by atoms with van der Waals surface area (Å²) in [6, 6.07) is 15.7. The van der Waals surface area contributed by atoms with Gasteiger partial charge in [-0.25, -0.2) is 0 Å². The molecule has 1 heterocycles. The van der Waals surface area contributed by atoms with E-state index in [0.717, 1.165) is 29.1 Å². The topological polar surface area (TPSA) is 56.2 Å². The van der Waals surface area contributed by atoms with Crippen molar-refractivity contribution in [3.63, 3.8) is 0 Å². The quantitative estimate of drug-likeness (QED) is 0.597. The maximum absolute atomic E-state index is 12.6. The van der Waals surface area contributed by atoms with Crippen LogP contribution in [0, 0.1) is 6.92 Å². The minimum atomic E-state index is -0.100. The number of ether oxygens (including phenoxy) is 1. The largest absolute Gasteiger partial charge is 0.489 e. The Kier molecular flexibility index (Phi) is 6.70. The van der Waals surface area contributed by atoms with Crippen molar-refractivity contribution >= 4 is 5.91 Å². The molecule has 0 atom stereocenters. The Labute approximate surface area is 172 Å². The van der Waals surface area contributed by atoms with Crippen LogP contribution in [0.25, 0.3) is 0 Å². The molecule has 3 rings (SSSR count). The fraction of sp³-hybridized carbons (Fsp3) is 0.333. The van der Waals surface area contributed by atoms with Gasteiger partial charge in [0.15, 0.2) is 0 Å². The van der Waals surface area contributed by atoms with Crippen molar-refractivity contribution in [2.75, 3.05) is 0 Å². The SMILES string of the molecule is CCn1cc(CNC(=O)c2cccc(COc3ccc(C(C)C)cc3)c2)c(C)n1. The third kappa shape index (κ3) is 5.47. The van der Waals surface area contributed by atoms with Crippen LogP contribution >= 0.6 is 0 Å². The zero-order valence-corrected chi connectivity index (χ0v) is 17.6. The van der Waals surface area contributed by atoms with Gasteiger partial charge < -0.3 is 10.1 Å². The van der Waals surface area contributed by atoms with Gasteiger partial charge >= 0.3 is 0 Å². The molecule has 5 nitrogen and oxygen atoms in total. The lowest BCUT2D eigenvalue weighted by Crippen LogP contribution is -2.23. The first kappa shape index (κ1) is 20.6. The average molecular weight is 392 g/mol. The van der Waals surface area contributed by atoms with Crippen molar-refractivity contribution in [1.29, 1.82) is 0 Å². The minimum Gasteiger partial charge on any atom is -0.489 e. The lowest BCUT2D eigenvalue weighted by Gasteiger charge is -2.10. The monoisotopic (exact) mass is 391 g/mol. The van der Waals surface area contributed by atoms with Gasteiger partial charge in [-0.05, 0) is 55.2 Å². The molecular weight excluding hydrogens is 362 g/mol. The van der Waals surface area contributed by atoms with Crippen LogP contribution in [0.3, 0.4) is 0 Å². The van der Waals surface area contributed by atoms with Gasteiger partial charge in [0.1, 0.15) is 12.4 Å². The molecule has 3 aromatic rings. The number of carbonyl (C=O) groups excluding carboxylic acids is 1. The van der Waals surface area contributed by atoms with E-state index in [1.165, 1.54) is 5.56 Å². The highest BCUT2D eigenvalue weighted by atomic mass is 16.5. The molecule has 0 saturated heterocycles. The first-order valence-corrected chi connectivity index (χ1v) is 10.1. The fourth-order valence-corrected chi connectivity index (χ4v) is 3.09. The number of amides is 1. The summed E-state index contributed by atoms with van der Waals surface area (Å²) in [6.45, 7) is 10.0. The number of aromatic nitrogens is 2. The highest BCUT2D eigenvalue weighted by molar-refractivity contribution is 5.94. The molecular formula is C24H29N3O2. The third-order valence-corrected chi connectivity index (χ3v) is 4.95. The molecule has 1 amide bonds. The number of benzene rings is 2. The van der Waals surface area contributed by atoms with Gasteiger partial charge in [0.25, 0.3) is 5.91 Å². The molecule has 0 radical (unpaired) electrons. The van der Waals surface area contributed by atoms with Crippen LogP contribution in [0.5, 0.6) is 5.75 Å². The van der Waals surface area contributed by atoms with E-state index in [-0.39, 0.29) is 5.91 Å². The van der Waals surface area contributed by atoms with Crippen LogP contribution in [0.4, 0.5) is 0 Å². The molecule has 152 valence electrons. The van der Waals surface area contributed by atoms with E-state index in [9.17, 15) is 4.79 Å². The summed E-state index contributed by atoms with van der Waals surface area (Å²) in [4.78, 5) is 12.6. The number of rotatable bonds is 8. The molecule has 0 aliphatic rings. The summed E-state index contributed by atoms with van der Waals surface area (Å²) in [5, 5.41) is 7.39. The summed E-state index contributed by atoms with van der Waals surface area (Å²) in [5.41, 5.74) is 4.85.